The fourth-order valence-corrected chi connectivity index (χ4v) is 4.34. The molecule has 0 spiro atoms. The lowest BCUT2D eigenvalue weighted by Crippen LogP contribution is -2.35. The van der Waals surface area contributed by atoms with E-state index < -0.39 is 0 Å². The number of hydrogen-bond acceptors (Lipinski definition) is 3. The molecule has 0 saturated heterocycles. The molecule has 0 aliphatic heterocycles. The van der Waals surface area contributed by atoms with Gasteiger partial charge >= 0.3 is 0 Å². The molecule has 33 heavy (non-hydrogen) atoms. The Hall–Kier alpha value is -2.95. The number of carbonyl (C=O) groups excluding carboxylic acids is 1. The molecule has 0 fully saturated rings. The van der Waals surface area contributed by atoms with Gasteiger partial charge in [0.25, 0.3) is 5.56 Å². The smallest absolute Gasteiger partial charge is 0.266 e. The molecule has 176 valence electrons. The van der Waals surface area contributed by atoms with Crippen molar-refractivity contribution >= 4 is 16.8 Å². The van der Waals surface area contributed by atoms with E-state index in [2.05, 4.69) is 13.0 Å². The second kappa shape index (κ2) is 11.3. The van der Waals surface area contributed by atoms with Crippen LogP contribution in [0.4, 0.5) is 0 Å². The number of aromatic nitrogens is 2. The topological polar surface area (TPSA) is 55.2 Å². The van der Waals surface area contributed by atoms with E-state index in [4.69, 9.17) is 4.98 Å². The number of hydrogen-bond donors (Lipinski definition) is 0. The lowest BCUT2D eigenvalue weighted by atomic mass is 10.1. The molecular formula is C28H37N3O2. The van der Waals surface area contributed by atoms with E-state index in [1.807, 2.05) is 64.2 Å². The van der Waals surface area contributed by atoms with Gasteiger partial charge in [0.15, 0.2) is 0 Å². The van der Waals surface area contributed by atoms with Crippen molar-refractivity contribution in [2.45, 2.75) is 78.7 Å². The van der Waals surface area contributed by atoms with Gasteiger partial charge in [0, 0.05) is 13.5 Å². The highest BCUT2D eigenvalue weighted by atomic mass is 16.2. The summed E-state index contributed by atoms with van der Waals surface area (Å²) in [6.07, 6.45) is 7.39. The highest BCUT2D eigenvalue weighted by Crippen LogP contribution is 2.24. The Morgan fingerprint density at radius 1 is 1.03 bits per heavy atom. The van der Waals surface area contributed by atoms with Gasteiger partial charge in [0.1, 0.15) is 5.82 Å². The number of rotatable bonds is 10. The van der Waals surface area contributed by atoms with Crippen LogP contribution in [0.5, 0.6) is 0 Å². The van der Waals surface area contributed by atoms with Crippen molar-refractivity contribution in [3.63, 3.8) is 0 Å². The van der Waals surface area contributed by atoms with Crippen molar-refractivity contribution in [2.75, 3.05) is 7.05 Å². The molecule has 0 N–H and O–H groups in total. The van der Waals surface area contributed by atoms with Crippen molar-refractivity contribution in [3.05, 3.63) is 69.8 Å². The number of para-hydroxylation sites is 1. The Morgan fingerprint density at radius 3 is 2.45 bits per heavy atom. The van der Waals surface area contributed by atoms with Crippen molar-refractivity contribution < 1.29 is 4.79 Å². The van der Waals surface area contributed by atoms with Crippen LogP contribution in [0.3, 0.4) is 0 Å². The van der Waals surface area contributed by atoms with Crippen molar-refractivity contribution in [1.29, 1.82) is 0 Å². The number of amides is 1. The van der Waals surface area contributed by atoms with E-state index in [1.165, 1.54) is 25.7 Å². The van der Waals surface area contributed by atoms with Gasteiger partial charge in [-0.05, 0) is 51.0 Å². The minimum atomic E-state index is -0.337. The van der Waals surface area contributed by atoms with Gasteiger partial charge in [0.2, 0.25) is 5.91 Å². The van der Waals surface area contributed by atoms with Crippen molar-refractivity contribution in [2.24, 2.45) is 0 Å². The third kappa shape index (κ3) is 5.70. The van der Waals surface area contributed by atoms with Gasteiger partial charge in [0.05, 0.1) is 22.6 Å². The SMILES string of the molecule is CCCCCCCCC(=O)N(C)C(C)c1nc2ccccc2c(=O)n1-c1ccc(C)cc1C. The Balaban J connectivity index is 1.94. The molecule has 2 aromatic carbocycles. The number of nitrogens with zero attached hydrogens (tertiary/aromatic N) is 3. The second-order valence-corrected chi connectivity index (χ2v) is 9.12. The van der Waals surface area contributed by atoms with E-state index in [1.54, 1.807) is 9.47 Å². The van der Waals surface area contributed by atoms with Gasteiger partial charge < -0.3 is 4.90 Å². The Labute approximate surface area is 197 Å². The predicted molar refractivity (Wildman–Crippen MR) is 136 cm³/mol. The highest BCUT2D eigenvalue weighted by Gasteiger charge is 2.24. The minimum absolute atomic E-state index is 0.0903. The van der Waals surface area contributed by atoms with Crippen LogP contribution in [0.2, 0.25) is 0 Å². The summed E-state index contributed by atoms with van der Waals surface area (Å²) in [4.78, 5) is 33.2. The summed E-state index contributed by atoms with van der Waals surface area (Å²) in [5.41, 5.74) is 3.50. The first-order valence-corrected chi connectivity index (χ1v) is 12.2. The zero-order chi connectivity index (χ0) is 24.0. The maximum atomic E-state index is 13.6. The zero-order valence-electron chi connectivity index (χ0n) is 20.7. The van der Waals surface area contributed by atoms with Crippen LogP contribution in [0, 0.1) is 13.8 Å². The molecular weight excluding hydrogens is 410 g/mol. The zero-order valence-corrected chi connectivity index (χ0v) is 20.7. The molecule has 5 nitrogen and oxygen atoms in total. The van der Waals surface area contributed by atoms with Crippen LogP contribution in [-0.2, 0) is 4.79 Å². The lowest BCUT2D eigenvalue weighted by molar-refractivity contribution is -0.132. The Kier molecular flexibility index (Phi) is 8.43. The van der Waals surface area contributed by atoms with Crippen LogP contribution in [0.25, 0.3) is 16.6 Å². The van der Waals surface area contributed by atoms with Crippen molar-refractivity contribution in [3.8, 4) is 5.69 Å². The molecule has 0 aliphatic rings. The fourth-order valence-electron chi connectivity index (χ4n) is 4.34. The molecule has 3 rings (SSSR count). The average Bonchev–Trinajstić information content (AvgIpc) is 2.81. The molecule has 3 aromatic rings. The van der Waals surface area contributed by atoms with E-state index in [9.17, 15) is 9.59 Å². The molecule has 0 bridgehead atoms. The molecule has 0 saturated carbocycles. The Morgan fingerprint density at radius 2 is 1.73 bits per heavy atom. The Bertz CT molecular complexity index is 1170. The van der Waals surface area contributed by atoms with Gasteiger partial charge in [-0.15, -0.1) is 0 Å². The number of unbranched alkanes of at least 4 members (excludes halogenated alkanes) is 5. The third-order valence-corrected chi connectivity index (χ3v) is 6.49. The van der Waals surface area contributed by atoms with Gasteiger partial charge in [-0.25, -0.2) is 4.98 Å². The molecule has 5 heteroatoms. The second-order valence-electron chi connectivity index (χ2n) is 9.12. The van der Waals surface area contributed by atoms with E-state index in [0.717, 1.165) is 29.7 Å². The summed E-state index contributed by atoms with van der Waals surface area (Å²) in [5, 5.41) is 0.578. The molecule has 1 atom stereocenters. The molecule has 1 heterocycles. The average molecular weight is 448 g/mol. The molecule has 1 unspecified atom stereocenters. The number of fused-ring (bicyclic) bond motifs is 1. The maximum Gasteiger partial charge on any atom is 0.266 e. The number of carbonyl (C=O) groups is 1. The maximum absolute atomic E-state index is 13.6. The van der Waals surface area contributed by atoms with Crippen LogP contribution >= 0.6 is 0 Å². The van der Waals surface area contributed by atoms with Crippen molar-refractivity contribution in [1.82, 2.24) is 14.5 Å². The van der Waals surface area contributed by atoms with Gasteiger partial charge in [-0.2, -0.15) is 0 Å². The summed E-state index contributed by atoms with van der Waals surface area (Å²) in [7, 11) is 1.82. The van der Waals surface area contributed by atoms with Crippen LogP contribution in [-0.4, -0.2) is 27.4 Å². The first kappa shape index (κ1) is 24.7. The summed E-state index contributed by atoms with van der Waals surface area (Å²) in [6.45, 7) is 8.20. The standard InChI is InChI=1S/C28H37N3O2/c1-6-7-8-9-10-11-16-26(32)30(5)22(4)27-29-24-15-13-12-14-23(24)28(33)31(27)25-18-17-20(2)19-21(25)3/h12-15,17-19,22H,6-11,16H2,1-5H3. The summed E-state index contributed by atoms with van der Waals surface area (Å²) >= 11 is 0. The molecule has 1 amide bonds. The molecule has 0 radical (unpaired) electrons. The quantitative estimate of drug-likeness (QED) is 0.344. The summed E-state index contributed by atoms with van der Waals surface area (Å²) in [5.74, 6) is 0.678. The highest BCUT2D eigenvalue weighted by molar-refractivity contribution is 5.79. The van der Waals surface area contributed by atoms with Crippen LogP contribution in [0.15, 0.2) is 47.3 Å². The van der Waals surface area contributed by atoms with E-state index in [0.29, 0.717) is 23.1 Å². The minimum Gasteiger partial charge on any atom is -0.336 e. The number of aryl methyl sites for hydroxylation is 2. The first-order chi connectivity index (χ1) is 15.8. The first-order valence-electron chi connectivity index (χ1n) is 12.2. The third-order valence-electron chi connectivity index (χ3n) is 6.49. The van der Waals surface area contributed by atoms with Crippen LogP contribution in [0.1, 0.15) is 81.8 Å². The van der Waals surface area contributed by atoms with Gasteiger partial charge in [-0.1, -0.05) is 68.9 Å². The largest absolute Gasteiger partial charge is 0.336 e. The number of benzene rings is 2. The summed E-state index contributed by atoms with van der Waals surface area (Å²) in [6, 6.07) is 13.1. The summed E-state index contributed by atoms with van der Waals surface area (Å²) < 4.78 is 1.69. The lowest BCUT2D eigenvalue weighted by Gasteiger charge is -2.27. The van der Waals surface area contributed by atoms with E-state index in [-0.39, 0.29) is 17.5 Å². The monoisotopic (exact) mass is 447 g/mol. The molecule has 1 aromatic heterocycles. The normalized spacial score (nSPS) is 12.2. The van der Waals surface area contributed by atoms with Gasteiger partial charge in [-0.3, -0.25) is 14.2 Å². The molecule has 0 aliphatic carbocycles. The fraction of sp³-hybridized carbons (Fsp3) is 0.464. The predicted octanol–water partition coefficient (Wildman–Crippen LogP) is 6.27. The van der Waals surface area contributed by atoms with Crippen LogP contribution < -0.4 is 5.56 Å². The van der Waals surface area contributed by atoms with E-state index >= 15 is 0 Å².